The Bertz CT molecular complexity index is 1420. The molecule has 1 aliphatic rings. The Balaban J connectivity index is 1.41. The van der Waals surface area contributed by atoms with E-state index in [1.807, 2.05) is 60.7 Å². The number of hydrogen-bond acceptors (Lipinski definition) is 6. The molecule has 200 valence electrons. The number of thioether (sulfide) groups is 1. The monoisotopic (exact) mass is 541 g/mol. The largest absolute Gasteiger partial charge is 0.478 e. The molecule has 1 fully saturated rings. The van der Waals surface area contributed by atoms with Gasteiger partial charge >= 0.3 is 5.97 Å². The molecule has 0 aromatic heterocycles. The summed E-state index contributed by atoms with van der Waals surface area (Å²) in [6.45, 7) is 0.460. The normalized spacial score (nSPS) is 19.1. The fraction of sp³-hybridized carbons (Fsp3) is 0.219. The molecular weight excluding hydrogens is 510 g/mol. The Labute approximate surface area is 232 Å². The third-order valence-electron chi connectivity index (χ3n) is 6.81. The van der Waals surface area contributed by atoms with Gasteiger partial charge in [-0.3, -0.25) is 0 Å². The number of aliphatic hydroxyl groups is 1. The molecule has 4 N–H and O–H groups in total. The van der Waals surface area contributed by atoms with Crippen molar-refractivity contribution < 1.29 is 24.5 Å². The highest BCUT2D eigenvalue weighted by molar-refractivity contribution is 7.99. The number of carbonyl (C=O) groups is 1. The fourth-order valence-corrected chi connectivity index (χ4v) is 5.78. The summed E-state index contributed by atoms with van der Waals surface area (Å²) in [5.74, 6) is -0.366. The molecule has 0 spiro atoms. The van der Waals surface area contributed by atoms with Crippen molar-refractivity contribution in [3.8, 4) is 11.1 Å². The minimum Gasteiger partial charge on any atom is -0.478 e. The van der Waals surface area contributed by atoms with Crippen LogP contribution in [0.4, 0.5) is 0 Å². The number of nitrogens with two attached hydrogens (primary N) is 1. The van der Waals surface area contributed by atoms with Crippen molar-refractivity contribution in [3.05, 3.63) is 125 Å². The van der Waals surface area contributed by atoms with Gasteiger partial charge in [0.15, 0.2) is 6.29 Å². The molecule has 5 rings (SSSR count). The quantitative estimate of drug-likeness (QED) is 0.213. The standard InChI is InChI=1S/C32H31NO5S/c33-18-22-5-3-6-24(15-22)25-7-4-8-26(16-25)32-37-27(20-39-30-10-2-1-9-28(30)31(35)36)17-29(38-32)23-13-11-21(19-34)12-14-23/h1-16,27,29,32,34H,17-20,33H2,(H,35,36). The van der Waals surface area contributed by atoms with E-state index in [9.17, 15) is 15.0 Å². The van der Waals surface area contributed by atoms with E-state index < -0.39 is 12.3 Å². The van der Waals surface area contributed by atoms with Gasteiger partial charge < -0.3 is 25.4 Å². The predicted molar refractivity (Wildman–Crippen MR) is 152 cm³/mol. The van der Waals surface area contributed by atoms with E-state index >= 15 is 0 Å². The average Bonchev–Trinajstić information content (AvgIpc) is 3.00. The molecular formula is C32H31NO5S. The second kappa shape index (κ2) is 12.6. The van der Waals surface area contributed by atoms with Crippen LogP contribution in [0.25, 0.3) is 11.1 Å². The Morgan fingerprint density at radius 2 is 1.59 bits per heavy atom. The van der Waals surface area contributed by atoms with Crippen molar-refractivity contribution in [2.24, 2.45) is 5.73 Å². The topological polar surface area (TPSA) is 102 Å². The summed E-state index contributed by atoms with van der Waals surface area (Å²) in [6.07, 6.45) is -0.377. The van der Waals surface area contributed by atoms with Crippen LogP contribution in [0.5, 0.6) is 0 Å². The Kier molecular flexibility index (Phi) is 8.76. The minimum absolute atomic E-state index is 0.0159. The lowest BCUT2D eigenvalue weighted by Crippen LogP contribution is -2.31. The van der Waals surface area contributed by atoms with Crippen molar-refractivity contribution in [2.45, 2.75) is 43.0 Å². The Morgan fingerprint density at radius 3 is 2.33 bits per heavy atom. The maximum atomic E-state index is 11.7. The number of ether oxygens (including phenoxy) is 2. The lowest BCUT2D eigenvalue weighted by atomic mass is 9.99. The maximum absolute atomic E-state index is 11.7. The summed E-state index contributed by atoms with van der Waals surface area (Å²) < 4.78 is 13.0. The summed E-state index contributed by atoms with van der Waals surface area (Å²) in [6, 6.07) is 31.1. The maximum Gasteiger partial charge on any atom is 0.336 e. The van der Waals surface area contributed by atoms with Crippen LogP contribution in [-0.2, 0) is 22.6 Å². The van der Waals surface area contributed by atoms with Gasteiger partial charge in [-0.1, -0.05) is 72.8 Å². The number of rotatable bonds is 9. The van der Waals surface area contributed by atoms with Crippen molar-refractivity contribution in [2.75, 3.05) is 5.75 Å². The molecule has 0 radical (unpaired) electrons. The molecule has 0 bridgehead atoms. The van der Waals surface area contributed by atoms with Gasteiger partial charge in [0.1, 0.15) is 0 Å². The molecule has 4 aromatic carbocycles. The highest BCUT2D eigenvalue weighted by Gasteiger charge is 2.32. The smallest absolute Gasteiger partial charge is 0.336 e. The molecule has 39 heavy (non-hydrogen) atoms. The highest BCUT2D eigenvalue weighted by Crippen LogP contribution is 2.40. The molecule has 0 saturated carbocycles. The highest BCUT2D eigenvalue weighted by atomic mass is 32.2. The molecule has 3 atom stereocenters. The summed E-state index contributed by atoms with van der Waals surface area (Å²) >= 11 is 1.48. The van der Waals surface area contributed by atoms with E-state index in [1.54, 1.807) is 12.1 Å². The first-order valence-corrected chi connectivity index (χ1v) is 13.9. The van der Waals surface area contributed by atoms with Gasteiger partial charge in [0, 0.05) is 29.2 Å². The van der Waals surface area contributed by atoms with Crippen LogP contribution in [0.2, 0.25) is 0 Å². The van der Waals surface area contributed by atoms with Gasteiger partial charge in [-0.05, 0) is 52.1 Å². The number of hydrogen-bond donors (Lipinski definition) is 3. The average molecular weight is 542 g/mol. The molecule has 4 aromatic rings. The molecule has 0 amide bonds. The van der Waals surface area contributed by atoms with Crippen molar-refractivity contribution in [1.29, 1.82) is 0 Å². The first-order valence-electron chi connectivity index (χ1n) is 12.9. The zero-order chi connectivity index (χ0) is 27.2. The van der Waals surface area contributed by atoms with Crippen LogP contribution in [0.1, 0.15) is 51.4 Å². The van der Waals surface area contributed by atoms with Crippen LogP contribution in [-0.4, -0.2) is 28.0 Å². The van der Waals surface area contributed by atoms with E-state index in [0.29, 0.717) is 23.6 Å². The van der Waals surface area contributed by atoms with E-state index in [4.69, 9.17) is 15.2 Å². The summed E-state index contributed by atoms with van der Waals surface area (Å²) in [7, 11) is 0. The zero-order valence-electron chi connectivity index (χ0n) is 21.4. The van der Waals surface area contributed by atoms with Crippen LogP contribution in [0, 0.1) is 0 Å². The predicted octanol–water partition coefficient (Wildman–Crippen LogP) is 6.34. The molecule has 0 aliphatic carbocycles. The molecule has 1 heterocycles. The van der Waals surface area contributed by atoms with Gasteiger partial charge in [0.2, 0.25) is 0 Å². The number of benzene rings is 4. The number of carboxylic acid groups (broad SMARTS) is 1. The number of aromatic carboxylic acids is 1. The third kappa shape index (κ3) is 6.58. The molecule has 3 unspecified atom stereocenters. The second-order valence-electron chi connectivity index (χ2n) is 9.49. The third-order valence-corrected chi connectivity index (χ3v) is 8.02. The van der Waals surface area contributed by atoms with Crippen LogP contribution in [0.15, 0.2) is 102 Å². The first kappa shape index (κ1) is 27.1. The van der Waals surface area contributed by atoms with Gasteiger partial charge in [-0.25, -0.2) is 4.79 Å². The lowest BCUT2D eigenvalue weighted by molar-refractivity contribution is -0.245. The molecule has 7 heteroatoms. The van der Waals surface area contributed by atoms with Crippen molar-refractivity contribution in [1.82, 2.24) is 0 Å². The SMILES string of the molecule is NCc1cccc(-c2cccc(C3OC(CSc4ccccc4C(=O)O)CC(c4ccc(CO)cc4)O3)c2)c1. The number of aliphatic hydroxyl groups excluding tert-OH is 1. The van der Waals surface area contributed by atoms with Gasteiger partial charge in [-0.15, -0.1) is 11.8 Å². The first-order chi connectivity index (χ1) is 19.0. The Morgan fingerprint density at radius 1 is 0.846 bits per heavy atom. The minimum atomic E-state index is -0.943. The van der Waals surface area contributed by atoms with Crippen LogP contribution >= 0.6 is 11.8 Å². The van der Waals surface area contributed by atoms with E-state index in [0.717, 1.165) is 33.4 Å². The molecule has 1 aliphatic heterocycles. The lowest BCUT2D eigenvalue weighted by Gasteiger charge is -2.36. The van der Waals surface area contributed by atoms with E-state index in [-0.39, 0.29) is 24.4 Å². The summed E-state index contributed by atoms with van der Waals surface area (Å²) in [5.41, 5.74) is 12.1. The Hall–Kier alpha value is -3.46. The summed E-state index contributed by atoms with van der Waals surface area (Å²) in [5, 5.41) is 19.1. The molecule has 1 saturated heterocycles. The number of carboxylic acids is 1. The molecule has 6 nitrogen and oxygen atoms in total. The van der Waals surface area contributed by atoms with E-state index in [1.165, 1.54) is 11.8 Å². The fourth-order valence-electron chi connectivity index (χ4n) is 4.72. The van der Waals surface area contributed by atoms with Crippen LogP contribution < -0.4 is 5.73 Å². The zero-order valence-corrected chi connectivity index (χ0v) is 22.2. The van der Waals surface area contributed by atoms with Gasteiger partial charge in [0.25, 0.3) is 0 Å². The van der Waals surface area contributed by atoms with Gasteiger partial charge in [0.05, 0.1) is 24.4 Å². The second-order valence-corrected chi connectivity index (χ2v) is 10.6. The van der Waals surface area contributed by atoms with Crippen LogP contribution in [0.3, 0.4) is 0 Å². The van der Waals surface area contributed by atoms with Crippen molar-refractivity contribution in [3.63, 3.8) is 0 Å². The van der Waals surface area contributed by atoms with Crippen molar-refractivity contribution >= 4 is 17.7 Å². The summed E-state index contributed by atoms with van der Waals surface area (Å²) in [4.78, 5) is 12.4. The van der Waals surface area contributed by atoms with E-state index in [2.05, 4.69) is 24.3 Å². The van der Waals surface area contributed by atoms with Gasteiger partial charge in [-0.2, -0.15) is 0 Å².